The summed E-state index contributed by atoms with van der Waals surface area (Å²) in [6.45, 7) is 0.276. The van der Waals surface area contributed by atoms with Crippen LogP contribution >= 0.6 is 10.7 Å². The summed E-state index contributed by atoms with van der Waals surface area (Å²) in [5.74, 6) is -0.0526. The number of nitrogens with zero attached hydrogens (tertiary/aromatic N) is 2. The molecule has 3 atom stereocenters. The quantitative estimate of drug-likeness (QED) is 0.708. The summed E-state index contributed by atoms with van der Waals surface area (Å²) >= 11 is 0. The summed E-state index contributed by atoms with van der Waals surface area (Å²) < 4.78 is 22.8. The summed E-state index contributed by atoms with van der Waals surface area (Å²) in [4.78, 5) is 16.2. The van der Waals surface area contributed by atoms with Gasteiger partial charge in [0.25, 0.3) is 0 Å². The number of hydrogen-bond donors (Lipinski definition) is 0. The molecule has 3 unspecified atom stereocenters. The van der Waals surface area contributed by atoms with Crippen LogP contribution < -0.4 is 0 Å². The Balaban J connectivity index is 1.72. The zero-order valence-corrected chi connectivity index (χ0v) is 12.5. The second-order valence-electron chi connectivity index (χ2n) is 6.02. The van der Waals surface area contributed by atoms with Gasteiger partial charge in [0, 0.05) is 41.8 Å². The van der Waals surface area contributed by atoms with Crippen molar-refractivity contribution < 1.29 is 13.2 Å². The predicted molar refractivity (Wildman–Crippen MR) is 72.5 cm³/mol. The first-order valence-electron chi connectivity index (χ1n) is 6.81. The minimum absolute atomic E-state index is 0.0491. The van der Waals surface area contributed by atoms with E-state index in [0.29, 0.717) is 12.1 Å². The van der Waals surface area contributed by atoms with Gasteiger partial charge >= 0.3 is 0 Å². The van der Waals surface area contributed by atoms with E-state index in [1.165, 1.54) is 12.8 Å². The fourth-order valence-electron chi connectivity index (χ4n) is 3.88. The molecule has 0 N–H and O–H groups in total. The van der Waals surface area contributed by atoms with E-state index >= 15 is 0 Å². The minimum Gasteiger partial charge on any atom is -0.338 e. The van der Waals surface area contributed by atoms with Crippen molar-refractivity contribution in [3.05, 3.63) is 0 Å². The number of halogens is 1. The average molecular weight is 307 g/mol. The van der Waals surface area contributed by atoms with E-state index in [2.05, 4.69) is 11.9 Å². The second kappa shape index (κ2) is 4.60. The van der Waals surface area contributed by atoms with E-state index in [4.69, 9.17) is 10.7 Å². The molecule has 2 bridgehead atoms. The Morgan fingerprint density at radius 2 is 1.74 bits per heavy atom. The molecule has 0 aromatic heterocycles. The number of rotatable bonds is 2. The van der Waals surface area contributed by atoms with Crippen molar-refractivity contribution in [3.63, 3.8) is 0 Å². The smallest absolute Gasteiger partial charge is 0.237 e. The van der Waals surface area contributed by atoms with Crippen LogP contribution in [0.15, 0.2) is 0 Å². The summed E-state index contributed by atoms with van der Waals surface area (Å²) in [7, 11) is 3.91. The predicted octanol–water partition coefficient (Wildman–Crippen LogP) is 0.781. The van der Waals surface area contributed by atoms with Crippen LogP contribution in [0.25, 0.3) is 0 Å². The van der Waals surface area contributed by atoms with E-state index in [0.717, 1.165) is 12.8 Å². The highest BCUT2D eigenvalue weighted by atomic mass is 35.7. The highest BCUT2D eigenvalue weighted by Gasteiger charge is 2.45. The molecule has 5 nitrogen and oxygen atoms in total. The largest absolute Gasteiger partial charge is 0.338 e. The molecule has 3 rings (SSSR count). The van der Waals surface area contributed by atoms with E-state index < -0.39 is 14.3 Å². The molecule has 3 fully saturated rings. The van der Waals surface area contributed by atoms with Crippen LogP contribution in [0.2, 0.25) is 0 Å². The van der Waals surface area contributed by atoms with Gasteiger partial charge in [0.05, 0.1) is 0 Å². The normalized spacial score (nSPS) is 40.1. The summed E-state index contributed by atoms with van der Waals surface area (Å²) in [6.07, 6.45) is 4.36. The number of carbonyl (C=O) groups is 1. The van der Waals surface area contributed by atoms with Gasteiger partial charge in [-0.2, -0.15) is 0 Å². The third-order valence-corrected chi connectivity index (χ3v) is 6.90. The fraction of sp³-hybridized carbons (Fsp3) is 0.917. The monoisotopic (exact) mass is 306 g/mol. The molecular weight excluding hydrogens is 288 g/mol. The molecule has 0 spiro atoms. The average Bonchev–Trinajstić information content (AvgIpc) is 2.77. The molecule has 0 aromatic carbocycles. The van der Waals surface area contributed by atoms with Crippen molar-refractivity contribution >= 4 is 25.6 Å². The first-order valence-corrected chi connectivity index (χ1v) is 9.18. The maximum atomic E-state index is 12.0. The second-order valence-corrected chi connectivity index (χ2v) is 8.93. The van der Waals surface area contributed by atoms with Gasteiger partial charge in [-0.1, -0.05) is 0 Å². The van der Waals surface area contributed by atoms with Crippen LogP contribution in [-0.4, -0.2) is 61.1 Å². The maximum Gasteiger partial charge on any atom is 0.237 e. The fourth-order valence-corrected chi connectivity index (χ4v) is 4.91. The number of carbonyl (C=O) groups excluding carboxylic acids is 1. The van der Waals surface area contributed by atoms with Gasteiger partial charge in [-0.05, 0) is 32.7 Å². The van der Waals surface area contributed by atoms with Crippen molar-refractivity contribution in [3.8, 4) is 0 Å². The molecule has 0 saturated carbocycles. The summed E-state index contributed by atoms with van der Waals surface area (Å²) in [5.41, 5.74) is 0. The minimum atomic E-state index is -3.63. The molecule has 3 aliphatic heterocycles. The van der Waals surface area contributed by atoms with Crippen LogP contribution in [0.3, 0.4) is 0 Å². The van der Waals surface area contributed by atoms with Crippen LogP contribution in [-0.2, 0) is 13.8 Å². The molecule has 3 saturated heterocycles. The third-order valence-electron chi connectivity index (χ3n) is 5.04. The maximum absolute atomic E-state index is 12.0. The zero-order chi connectivity index (χ0) is 13.8. The molecule has 0 aliphatic carbocycles. The van der Waals surface area contributed by atoms with Crippen molar-refractivity contribution in [2.24, 2.45) is 0 Å². The number of amides is 1. The molecule has 1 amide bonds. The van der Waals surface area contributed by atoms with E-state index in [9.17, 15) is 13.2 Å². The zero-order valence-electron chi connectivity index (χ0n) is 11.0. The molecule has 3 aliphatic rings. The highest BCUT2D eigenvalue weighted by Crippen LogP contribution is 2.38. The molecule has 3 heterocycles. The van der Waals surface area contributed by atoms with Crippen molar-refractivity contribution in [1.82, 2.24) is 9.80 Å². The van der Waals surface area contributed by atoms with Gasteiger partial charge in [-0.3, -0.25) is 4.79 Å². The Hall–Kier alpha value is -0.330. The molecular formula is C12H19ClN2O3S. The van der Waals surface area contributed by atoms with Crippen LogP contribution in [0.1, 0.15) is 32.1 Å². The lowest BCUT2D eigenvalue weighted by Gasteiger charge is -2.40. The Morgan fingerprint density at radius 1 is 1.16 bits per heavy atom. The molecule has 7 heteroatoms. The lowest BCUT2D eigenvalue weighted by Crippen LogP contribution is -2.49. The Labute approximate surface area is 118 Å². The van der Waals surface area contributed by atoms with Gasteiger partial charge < -0.3 is 9.80 Å². The van der Waals surface area contributed by atoms with E-state index in [1.807, 2.05) is 0 Å². The molecule has 0 aromatic rings. The highest BCUT2D eigenvalue weighted by molar-refractivity contribution is 8.14. The van der Waals surface area contributed by atoms with Crippen molar-refractivity contribution in [1.29, 1.82) is 0 Å². The Kier molecular flexibility index (Phi) is 3.30. The van der Waals surface area contributed by atoms with Crippen molar-refractivity contribution in [2.45, 2.75) is 55.5 Å². The number of piperidine rings is 1. The SMILES string of the molecule is CN1C2CCC1CC(N1CC(S(=O)(=O)Cl)CC1=O)C2. The van der Waals surface area contributed by atoms with Gasteiger partial charge in [0.1, 0.15) is 5.25 Å². The van der Waals surface area contributed by atoms with Gasteiger partial charge in [-0.25, -0.2) is 8.42 Å². The van der Waals surface area contributed by atoms with E-state index in [-0.39, 0.29) is 24.9 Å². The lowest BCUT2D eigenvalue weighted by molar-refractivity contribution is -0.130. The Bertz CT molecular complexity index is 481. The lowest BCUT2D eigenvalue weighted by atomic mass is 9.97. The summed E-state index contributed by atoms with van der Waals surface area (Å²) in [5, 5.41) is -0.723. The van der Waals surface area contributed by atoms with Crippen LogP contribution in [0.5, 0.6) is 0 Å². The first-order chi connectivity index (χ1) is 8.86. The molecule has 108 valence electrons. The van der Waals surface area contributed by atoms with E-state index in [1.54, 1.807) is 4.90 Å². The number of hydrogen-bond acceptors (Lipinski definition) is 4. The standard InChI is InChI=1S/C12H19ClN2O3S/c1-14-8-2-3-9(14)5-10(4-8)15-7-11(6-12(15)16)19(13,17)18/h8-11H,2-7H2,1H3. The Morgan fingerprint density at radius 3 is 2.21 bits per heavy atom. The summed E-state index contributed by atoms with van der Waals surface area (Å²) in [6, 6.07) is 1.29. The van der Waals surface area contributed by atoms with Gasteiger partial charge in [0.2, 0.25) is 15.0 Å². The molecule has 19 heavy (non-hydrogen) atoms. The first kappa shape index (κ1) is 13.6. The number of fused-ring (bicyclic) bond motifs is 2. The van der Waals surface area contributed by atoms with Gasteiger partial charge in [-0.15, -0.1) is 0 Å². The van der Waals surface area contributed by atoms with Crippen LogP contribution in [0.4, 0.5) is 0 Å². The number of likely N-dealkylation sites (tertiary alicyclic amines) is 1. The van der Waals surface area contributed by atoms with Crippen molar-refractivity contribution in [2.75, 3.05) is 13.6 Å². The molecule has 0 radical (unpaired) electrons. The third kappa shape index (κ3) is 2.38. The topological polar surface area (TPSA) is 57.7 Å². The van der Waals surface area contributed by atoms with Crippen LogP contribution in [0, 0.1) is 0 Å². The van der Waals surface area contributed by atoms with Gasteiger partial charge in [0.15, 0.2) is 0 Å².